The lowest BCUT2D eigenvalue weighted by molar-refractivity contribution is -0.135. The molecule has 0 bridgehead atoms. The van der Waals surface area contributed by atoms with Crippen LogP contribution in [0.1, 0.15) is 57.2 Å². The Morgan fingerprint density at radius 2 is 1.53 bits per heavy atom. The number of hydrogen-bond donors (Lipinski definition) is 5. The number of amides is 4. The molecule has 4 heterocycles. The fourth-order valence-electron chi connectivity index (χ4n) is 6.71. The summed E-state index contributed by atoms with van der Waals surface area (Å²) in [5.41, 5.74) is 5.50. The number of benzene rings is 2. The van der Waals surface area contributed by atoms with Crippen molar-refractivity contribution in [2.24, 2.45) is 5.92 Å². The highest BCUT2D eigenvalue weighted by Gasteiger charge is 2.37. The number of alkyl carbamates (subject to hydrolysis) is 2. The molecule has 3 aromatic heterocycles. The Morgan fingerprint density at radius 3 is 2.25 bits per heavy atom. The highest BCUT2D eigenvalue weighted by atomic mass is 16.5. The van der Waals surface area contributed by atoms with Crippen LogP contribution < -0.4 is 16.0 Å². The molecule has 6 rings (SSSR count). The van der Waals surface area contributed by atoms with E-state index in [4.69, 9.17) is 9.72 Å². The lowest BCUT2D eigenvalue weighted by atomic mass is 10.0. The van der Waals surface area contributed by atoms with Gasteiger partial charge in [-0.1, -0.05) is 38.1 Å². The molecule has 1 fully saturated rings. The van der Waals surface area contributed by atoms with Crippen LogP contribution in [0.15, 0.2) is 67.1 Å². The molecule has 15 heteroatoms. The van der Waals surface area contributed by atoms with Crippen LogP contribution in [-0.2, 0) is 25.5 Å². The van der Waals surface area contributed by atoms with Crippen molar-refractivity contribution in [2.75, 3.05) is 33.9 Å². The smallest absolute Gasteiger partial charge is 0.407 e. The van der Waals surface area contributed by atoms with E-state index in [1.165, 1.54) is 14.2 Å². The summed E-state index contributed by atoms with van der Waals surface area (Å²) in [6.07, 6.45) is 8.16. The van der Waals surface area contributed by atoms with Crippen molar-refractivity contribution in [3.05, 3.63) is 78.8 Å². The number of nitrogens with one attached hydrogen (secondary N) is 5. The standard InChI is InChI=1S/C40H47N9O6/c1-24(2)36(48-40(53)55-4)38(51)49-17-7-8-33(49)37-44-22-32(47-37)29-14-15-30(42-20-29)27-12-10-26-19-28(13-11-25(26)18-27)31-21-43-34(46-31)9-5-6-16-41-35(50)23-45-39(52)54-3/h10-15,18-22,24,33,36H,5-9,16-17,23H2,1-4H3,(H,41,50)(H,43,46)(H,44,47)(H,45,52)(H,48,53). The van der Waals surface area contributed by atoms with Gasteiger partial charge in [0.15, 0.2) is 0 Å². The monoisotopic (exact) mass is 749 g/mol. The predicted octanol–water partition coefficient (Wildman–Crippen LogP) is 5.52. The number of aryl methyl sites for hydroxylation is 1. The lowest BCUT2D eigenvalue weighted by Gasteiger charge is -2.30. The van der Waals surface area contributed by atoms with E-state index in [1.807, 2.05) is 38.4 Å². The zero-order valence-electron chi connectivity index (χ0n) is 31.5. The molecule has 5 N–H and O–H groups in total. The molecule has 5 aromatic rings. The number of H-pyrrole nitrogens is 2. The van der Waals surface area contributed by atoms with Crippen LogP contribution in [0.3, 0.4) is 0 Å². The van der Waals surface area contributed by atoms with E-state index >= 15 is 0 Å². The number of imidazole rings is 2. The number of carbonyl (C=O) groups excluding carboxylic acids is 4. The van der Waals surface area contributed by atoms with Gasteiger partial charge in [-0.2, -0.15) is 0 Å². The molecule has 2 aromatic carbocycles. The molecule has 2 unspecified atom stereocenters. The molecule has 1 saturated heterocycles. The van der Waals surface area contributed by atoms with Crippen molar-refractivity contribution in [3.8, 4) is 33.8 Å². The Kier molecular flexibility index (Phi) is 12.4. The quantitative estimate of drug-likeness (QED) is 0.0908. The van der Waals surface area contributed by atoms with Crippen molar-refractivity contribution in [1.29, 1.82) is 0 Å². The van der Waals surface area contributed by atoms with Crippen molar-refractivity contribution in [1.82, 2.24) is 45.8 Å². The van der Waals surface area contributed by atoms with E-state index in [9.17, 15) is 19.2 Å². The van der Waals surface area contributed by atoms with Crippen LogP contribution in [0, 0.1) is 5.92 Å². The Morgan fingerprint density at radius 1 is 0.818 bits per heavy atom. The van der Waals surface area contributed by atoms with Gasteiger partial charge in [0.2, 0.25) is 11.8 Å². The summed E-state index contributed by atoms with van der Waals surface area (Å²) in [6, 6.07) is 15.7. The SMILES string of the molecule is COC(=O)NCC(=O)NCCCCc1ncc(-c2ccc3cc(-c4ccc(-c5cnc(C6CCCN6C(=O)C(NC(=O)OC)C(C)C)[nH]5)cn4)ccc3c2)[nH]1. The van der Waals surface area contributed by atoms with E-state index in [1.54, 1.807) is 11.1 Å². The Balaban J connectivity index is 1.04. The molecule has 2 atom stereocenters. The van der Waals surface area contributed by atoms with Crippen molar-refractivity contribution < 1.29 is 28.7 Å². The van der Waals surface area contributed by atoms with E-state index < -0.39 is 18.2 Å². The van der Waals surface area contributed by atoms with Gasteiger partial charge in [0, 0.05) is 42.4 Å². The number of likely N-dealkylation sites (tertiary alicyclic amines) is 1. The topological polar surface area (TPSA) is 196 Å². The second-order valence-corrected chi connectivity index (χ2v) is 13.8. The molecular formula is C40H47N9O6. The van der Waals surface area contributed by atoms with Crippen LogP contribution in [0.25, 0.3) is 44.5 Å². The zero-order chi connectivity index (χ0) is 38.9. The average Bonchev–Trinajstić information content (AvgIpc) is 4.00. The second-order valence-electron chi connectivity index (χ2n) is 13.8. The number of carbonyl (C=O) groups is 4. The maximum absolute atomic E-state index is 13.5. The number of pyridine rings is 1. The number of fused-ring (bicyclic) bond motifs is 1. The van der Waals surface area contributed by atoms with Gasteiger partial charge in [0.05, 0.1) is 56.3 Å². The summed E-state index contributed by atoms with van der Waals surface area (Å²) >= 11 is 0. The first-order valence-electron chi connectivity index (χ1n) is 18.5. The van der Waals surface area contributed by atoms with Crippen molar-refractivity contribution >= 4 is 34.8 Å². The maximum Gasteiger partial charge on any atom is 0.407 e. The normalized spacial score (nSPS) is 14.5. The fourth-order valence-corrected chi connectivity index (χ4v) is 6.71. The molecule has 15 nitrogen and oxygen atoms in total. The summed E-state index contributed by atoms with van der Waals surface area (Å²) in [5.74, 6) is 1.07. The van der Waals surface area contributed by atoms with Gasteiger partial charge < -0.3 is 40.3 Å². The van der Waals surface area contributed by atoms with E-state index in [0.29, 0.717) is 18.9 Å². The first-order chi connectivity index (χ1) is 26.6. The van der Waals surface area contributed by atoms with Gasteiger partial charge in [-0.05, 0) is 66.6 Å². The van der Waals surface area contributed by atoms with Gasteiger partial charge in [-0.25, -0.2) is 19.6 Å². The highest BCUT2D eigenvalue weighted by molar-refractivity contribution is 5.90. The Hall–Kier alpha value is -6.25. The fraction of sp³-hybridized carbons (Fsp3) is 0.375. The first-order valence-corrected chi connectivity index (χ1v) is 18.5. The second kappa shape index (κ2) is 17.7. The number of ether oxygens (including phenoxy) is 2. The molecule has 0 spiro atoms. The van der Waals surface area contributed by atoms with Crippen molar-refractivity contribution in [3.63, 3.8) is 0 Å². The molecule has 1 aliphatic heterocycles. The van der Waals surface area contributed by atoms with Crippen molar-refractivity contribution in [2.45, 2.75) is 58.0 Å². The number of unbranched alkanes of at least 4 members (excludes halogenated alkanes) is 1. The van der Waals surface area contributed by atoms with Crippen LogP contribution >= 0.6 is 0 Å². The molecule has 55 heavy (non-hydrogen) atoms. The third-order valence-electron chi connectivity index (χ3n) is 9.73. The molecular weight excluding hydrogens is 702 g/mol. The molecule has 288 valence electrons. The average molecular weight is 750 g/mol. The number of aromatic nitrogens is 5. The number of nitrogens with zero attached hydrogens (tertiary/aromatic N) is 4. The van der Waals surface area contributed by atoms with E-state index in [0.717, 1.165) is 82.5 Å². The largest absolute Gasteiger partial charge is 0.453 e. The number of rotatable bonds is 14. The molecule has 0 radical (unpaired) electrons. The van der Waals surface area contributed by atoms with Crippen LogP contribution in [-0.4, -0.2) is 93.7 Å². The lowest BCUT2D eigenvalue weighted by Crippen LogP contribution is -2.51. The summed E-state index contributed by atoms with van der Waals surface area (Å²) in [5, 5.41) is 10.00. The minimum absolute atomic E-state index is 0.107. The minimum atomic E-state index is -0.691. The minimum Gasteiger partial charge on any atom is -0.453 e. The zero-order valence-corrected chi connectivity index (χ0v) is 31.5. The van der Waals surface area contributed by atoms with Crippen LogP contribution in [0.5, 0.6) is 0 Å². The van der Waals surface area contributed by atoms with Crippen LogP contribution in [0.4, 0.5) is 9.59 Å². The number of hydrogen-bond acceptors (Lipinski definition) is 9. The van der Waals surface area contributed by atoms with Crippen LogP contribution in [0.2, 0.25) is 0 Å². The van der Waals surface area contributed by atoms with E-state index in [2.05, 4.69) is 77.0 Å². The van der Waals surface area contributed by atoms with E-state index in [-0.39, 0.29) is 30.3 Å². The highest BCUT2D eigenvalue weighted by Crippen LogP contribution is 2.33. The summed E-state index contributed by atoms with van der Waals surface area (Å²) < 4.78 is 9.20. The molecule has 1 aliphatic rings. The molecule has 4 amide bonds. The number of aromatic amines is 2. The Bertz CT molecular complexity index is 2130. The summed E-state index contributed by atoms with van der Waals surface area (Å²) in [6.45, 7) is 4.77. The third kappa shape index (κ3) is 9.47. The summed E-state index contributed by atoms with van der Waals surface area (Å²) in [7, 11) is 2.54. The maximum atomic E-state index is 13.5. The van der Waals surface area contributed by atoms with Gasteiger partial charge in [0.25, 0.3) is 0 Å². The first kappa shape index (κ1) is 38.5. The van der Waals surface area contributed by atoms with Gasteiger partial charge in [0.1, 0.15) is 17.7 Å². The van der Waals surface area contributed by atoms with Gasteiger partial charge in [-0.3, -0.25) is 14.6 Å². The predicted molar refractivity (Wildman–Crippen MR) is 207 cm³/mol. The van der Waals surface area contributed by atoms with Gasteiger partial charge in [-0.15, -0.1) is 0 Å². The Labute approximate surface area is 319 Å². The molecule has 0 saturated carbocycles. The summed E-state index contributed by atoms with van der Waals surface area (Å²) in [4.78, 5) is 70.9. The molecule has 0 aliphatic carbocycles. The van der Waals surface area contributed by atoms with Gasteiger partial charge >= 0.3 is 12.2 Å². The third-order valence-corrected chi connectivity index (χ3v) is 9.73. The number of methoxy groups -OCH3 is 2.